The van der Waals surface area contributed by atoms with Gasteiger partial charge in [-0.2, -0.15) is 0 Å². The first-order valence-electron chi connectivity index (χ1n) is 6.26. The molecular weight excluding hydrogens is 388 g/mol. The highest BCUT2D eigenvalue weighted by Crippen LogP contribution is 2.35. The van der Waals surface area contributed by atoms with Gasteiger partial charge in [0.05, 0.1) is 36.7 Å². The van der Waals surface area contributed by atoms with Crippen LogP contribution in [-0.4, -0.2) is 33.9 Å². The minimum Gasteiger partial charge on any atom is -0.755 e. The monoisotopic (exact) mass is 399 g/mol. The van der Waals surface area contributed by atoms with Crippen LogP contribution in [0, 0.1) is 0 Å². The molecule has 1 unspecified atom stereocenters. The number of methoxy groups -OCH3 is 2. The van der Waals surface area contributed by atoms with Gasteiger partial charge in [0.25, 0.3) is 0 Å². The Kier molecular flexibility index (Phi) is 5.69. The molecule has 2 aromatic rings. The van der Waals surface area contributed by atoms with E-state index in [2.05, 4.69) is 25.7 Å². The molecule has 23 heavy (non-hydrogen) atoms. The van der Waals surface area contributed by atoms with Crippen LogP contribution in [0.25, 0.3) is 0 Å². The smallest absolute Gasteiger partial charge is 0.337 e. The molecule has 0 saturated carbocycles. The maximum absolute atomic E-state index is 11.7. The van der Waals surface area contributed by atoms with E-state index in [4.69, 9.17) is 4.74 Å². The van der Waals surface area contributed by atoms with Crippen LogP contribution in [0.3, 0.4) is 0 Å². The molecule has 1 heterocycles. The number of pyridine rings is 1. The minimum atomic E-state index is -2.64. The third-order valence-corrected chi connectivity index (χ3v) is 4.00. The molecule has 7 nitrogen and oxygen atoms in total. The SMILES string of the molecule is COC(=O)c1ccc(N(c2cccc(Br)n2)S(=O)[O-])c(OC)c1. The summed E-state index contributed by atoms with van der Waals surface area (Å²) in [5.74, 6) is -0.180. The van der Waals surface area contributed by atoms with Gasteiger partial charge in [-0.3, -0.25) is 8.51 Å². The molecule has 0 aliphatic rings. The number of carbonyl (C=O) groups excluding carboxylic acids is 1. The summed E-state index contributed by atoms with van der Waals surface area (Å²) in [5, 5.41) is 0. The van der Waals surface area contributed by atoms with E-state index in [9.17, 15) is 13.6 Å². The van der Waals surface area contributed by atoms with Crippen LogP contribution >= 0.6 is 15.9 Å². The molecule has 122 valence electrons. The van der Waals surface area contributed by atoms with Crippen molar-refractivity contribution in [1.82, 2.24) is 4.98 Å². The molecular formula is C14H12BrN2O5S-. The van der Waals surface area contributed by atoms with E-state index in [1.807, 2.05) is 0 Å². The largest absolute Gasteiger partial charge is 0.755 e. The van der Waals surface area contributed by atoms with E-state index in [1.54, 1.807) is 12.1 Å². The topological polar surface area (TPSA) is 91.8 Å². The van der Waals surface area contributed by atoms with Crippen LogP contribution in [0.2, 0.25) is 0 Å². The second-order valence-electron chi connectivity index (χ2n) is 4.21. The number of rotatable bonds is 5. The van der Waals surface area contributed by atoms with E-state index in [-0.39, 0.29) is 22.8 Å². The number of aromatic nitrogens is 1. The van der Waals surface area contributed by atoms with Crippen LogP contribution < -0.4 is 9.04 Å². The van der Waals surface area contributed by atoms with Gasteiger partial charge in [-0.25, -0.2) is 9.78 Å². The zero-order valence-corrected chi connectivity index (χ0v) is 14.6. The summed E-state index contributed by atoms with van der Waals surface area (Å²) in [5.41, 5.74) is 0.464. The van der Waals surface area contributed by atoms with E-state index >= 15 is 0 Å². The van der Waals surface area contributed by atoms with Gasteiger partial charge in [0.2, 0.25) is 0 Å². The number of esters is 1. The average Bonchev–Trinajstić information content (AvgIpc) is 2.54. The first-order chi connectivity index (χ1) is 11.0. The molecule has 0 bridgehead atoms. The highest BCUT2D eigenvalue weighted by molar-refractivity contribution is 9.10. The van der Waals surface area contributed by atoms with Gasteiger partial charge in [0, 0.05) is 0 Å². The quantitative estimate of drug-likeness (QED) is 0.435. The lowest BCUT2D eigenvalue weighted by molar-refractivity contribution is 0.0600. The Bertz CT molecular complexity index is 756. The zero-order chi connectivity index (χ0) is 17.0. The lowest BCUT2D eigenvalue weighted by Gasteiger charge is -2.27. The number of ether oxygens (including phenoxy) is 2. The highest BCUT2D eigenvalue weighted by atomic mass is 79.9. The lowest BCUT2D eigenvalue weighted by Crippen LogP contribution is -2.21. The first kappa shape index (κ1) is 17.4. The fraction of sp³-hybridized carbons (Fsp3) is 0.143. The van der Waals surface area contributed by atoms with Crippen LogP contribution in [0.1, 0.15) is 10.4 Å². The molecule has 1 aromatic carbocycles. The maximum atomic E-state index is 11.7. The van der Waals surface area contributed by atoms with Gasteiger partial charge < -0.3 is 14.0 Å². The molecule has 0 fully saturated rings. The summed E-state index contributed by atoms with van der Waals surface area (Å²) in [7, 11) is 2.63. The molecule has 2 rings (SSSR count). The minimum absolute atomic E-state index is 0.178. The fourth-order valence-corrected chi connectivity index (χ4v) is 2.78. The van der Waals surface area contributed by atoms with E-state index < -0.39 is 17.2 Å². The van der Waals surface area contributed by atoms with Crippen LogP contribution in [0.5, 0.6) is 5.75 Å². The third kappa shape index (κ3) is 3.87. The summed E-state index contributed by atoms with van der Waals surface area (Å²) in [4.78, 5) is 15.7. The molecule has 0 spiro atoms. The van der Waals surface area contributed by atoms with E-state index in [1.165, 1.54) is 38.5 Å². The summed E-state index contributed by atoms with van der Waals surface area (Å²) in [6.07, 6.45) is 0. The standard InChI is InChI=1S/C14H13BrN2O5S/c1-21-11-8-9(14(18)22-2)6-7-10(11)17(23(19)20)13-5-3-4-12(15)16-13/h3-8H,1-2H3,(H,19,20)/p-1. The maximum Gasteiger partial charge on any atom is 0.337 e. The van der Waals surface area contributed by atoms with Crippen molar-refractivity contribution in [2.75, 3.05) is 18.5 Å². The van der Waals surface area contributed by atoms with E-state index in [0.29, 0.717) is 4.60 Å². The average molecular weight is 400 g/mol. The van der Waals surface area contributed by atoms with E-state index in [0.717, 1.165) is 4.31 Å². The molecule has 0 aliphatic carbocycles. The second kappa shape index (κ2) is 7.53. The highest BCUT2D eigenvalue weighted by Gasteiger charge is 2.19. The predicted octanol–water partition coefficient (Wildman–Crippen LogP) is 2.57. The molecule has 1 aromatic heterocycles. The Hall–Kier alpha value is -1.97. The van der Waals surface area contributed by atoms with Gasteiger partial charge in [-0.15, -0.1) is 0 Å². The van der Waals surface area contributed by atoms with Crippen molar-refractivity contribution in [3.05, 3.63) is 46.6 Å². The normalized spacial score (nSPS) is 11.7. The van der Waals surface area contributed by atoms with Gasteiger partial charge in [0.15, 0.2) is 0 Å². The third-order valence-electron chi connectivity index (χ3n) is 2.88. The van der Waals surface area contributed by atoms with Gasteiger partial charge in [-0.05, 0) is 46.3 Å². The van der Waals surface area contributed by atoms with Gasteiger partial charge in [-0.1, -0.05) is 6.07 Å². The molecule has 0 amide bonds. The number of hydrogen-bond acceptors (Lipinski definition) is 6. The van der Waals surface area contributed by atoms with Crippen molar-refractivity contribution in [2.24, 2.45) is 0 Å². The van der Waals surface area contributed by atoms with Gasteiger partial charge >= 0.3 is 5.97 Å². The molecule has 0 radical (unpaired) electrons. The van der Waals surface area contributed by atoms with Crippen LogP contribution in [-0.2, 0) is 16.0 Å². The van der Waals surface area contributed by atoms with Crippen molar-refractivity contribution in [1.29, 1.82) is 0 Å². The number of benzene rings is 1. The Morgan fingerprint density at radius 3 is 2.61 bits per heavy atom. The summed E-state index contributed by atoms with van der Waals surface area (Å²) in [6.45, 7) is 0. The number of nitrogens with zero attached hydrogens (tertiary/aromatic N) is 2. The zero-order valence-electron chi connectivity index (χ0n) is 12.2. The lowest BCUT2D eigenvalue weighted by atomic mass is 10.2. The van der Waals surface area contributed by atoms with Crippen molar-refractivity contribution in [3.63, 3.8) is 0 Å². The van der Waals surface area contributed by atoms with Crippen molar-refractivity contribution in [2.45, 2.75) is 0 Å². The Balaban J connectivity index is 2.56. The number of halogens is 1. The van der Waals surface area contributed by atoms with Crippen molar-refractivity contribution >= 4 is 44.7 Å². The molecule has 0 N–H and O–H groups in total. The van der Waals surface area contributed by atoms with Gasteiger partial charge in [0.1, 0.15) is 16.2 Å². The van der Waals surface area contributed by atoms with Crippen molar-refractivity contribution < 1.29 is 23.0 Å². The number of anilines is 2. The predicted molar refractivity (Wildman–Crippen MR) is 87.3 cm³/mol. The van der Waals surface area contributed by atoms with Crippen molar-refractivity contribution in [3.8, 4) is 5.75 Å². The molecule has 0 aliphatic heterocycles. The fourth-order valence-electron chi connectivity index (χ4n) is 1.88. The van der Waals surface area contributed by atoms with Crippen LogP contribution in [0.4, 0.5) is 11.5 Å². The Morgan fingerprint density at radius 2 is 2.04 bits per heavy atom. The molecule has 0 saturated heterocycles. The summed E-state index contributed by atoms with van der Waals surface area (Å²) < 4.78 is 34.6. The number of carbonyl (C=O) groups is 1. The molecule has 9 heteroatoms. The summed E-state index contributed by atoms with van der Waals surface area (Å²) >= 11 is 0.556. The first-order valence-corrected chi connectivity index (χ1v) is 8.09. The Labute approximate surface area is 143 Å². The molecule has 1 atom stereocenters. The summed E-state index contributed by atoms with van der Waals surface area (Å²) in [6, 6.07) is 9.16. The Morgan fingerprint density at radius 1 is 1.30 bits per heavy atom. The second-order valence-corrected chi connectivity index (χ2v) is 5.82. The van der Waals surface area contributed by atoms with Crippen LogP contribution in [0.15, 0.2) is 41.0 Å². The number of hydrogen-bond donors (Lipinski definition) is 0.